The summed E-state index contributed by atoms with van der Waals surface area (Å²) in [7, 11) is 0. The van der Waals surface area contributed by atoms with Gasteiger partial charge in [-0.15, -0.1) is 0 Å². The lowest BCUT2D eigenvalue weighted by Crippen LogP contribution is -2.48. The molecule has 0 aliphatic carbocycles. The van der Waals surface area contributed by atoms with E-state index in [0.29, 0.717) is 24.4 Å². The van der Waals surface area contributed by atoms with E-state index in [9.17, 15) is 5.11 Å². The van der Waals surface area contributed by atoms with Crippen molar-refractivity contribution in [3.8, 4) is 0 Å². The van der Waals surface area contributed by atoms with Crippen molar-refractivity contribution >= 4 is 28.2 Å². The van der Waals surface area contributed by atoms with Crippen molar-refractivity contribution < 1.29 is 5.11 Å². The van der Waals surface area contributed by atoms with Gasteiger partial charge in [-0.1, -0.05) is 23.7 Å². The van der Waals surface area contributed by atoms with Crippen LogP contribution in [0.25, 0.3) is 10.9 Å². The van der Waals surface area contributed by atoms with Crippen molar-refractivity contribution in [1.82, 2.24) is 4.98 Å². The number of benzene rings is 1. The number of rotatable bonds is 2. The van der Waals surface area contributed by atoms with Gasteiger partial charge in [0.05, 0.1) is 16.1 Å². The zero-order chi connectivity index (χ0) is 14.2. The zero-order valence-electron chi connectivity index (χ0n) is 11.2. The number of nitrogens with zero attached hydrogens (tertiary/aromatic N) is 2. The van der Waals surface area contributed by atoms with E-state index < -0.39 is 5.60 Å². The molecule has 0 atom stereocenters. The van der Waals surface area contributed by atoms with Gasteiger partial charge in [-0.05, 0) is 25.0 Å². The predicted octanol–water partition coefficient (Wildman–Crippen LogP) is 2.18. The number of hydrogen-bond donors (Lipinski definition) is 2. The van der Waals surface area contributed by atoms with E-state index in [2.05, 4.69) is 9.88 Å². The van der Waals surface area contributed by atoms with Crippen LogP contribution in [0, 0.1) is 0 Å². The van der Waals surface area contributed by atoms with Crippen molar-refractivity contribution in [2.75, 3.05) is 24.5 Å². The quantitative estimate of drug-likeness (QED) is 0.890. The fourth-order valence-corrected chi connectivity index (χ4v) is 2.99. The summed E-state index contributed by atoms with van der Waals surface area (Å²) in [4.78, 5) is 6.62. The van der Waals surface area contributed by atoms with E-state index in [1.54, 1.807) is 6.20 Å². The highest BCUT2D eigenvalue weighted by Gasteiger charge is 2.31. The average molecular weight is 292 g/mol. The molecule has 1 aromatic heterocycles. The van der Waals surface area contributed by atoms with Crippen LogP contribution in [0.2, 0.25) is 5.02 Å². The van der Waals surface area contributed by atoms with Crippen molar-refractivity contribution in [2.24, 2.45) is 5.73 Å². The molecule has 2 heterocycles. The van der Waals surface area contributed by atoms with Gasteiger partial charge < -0.3 is 15.7 Å². The fraction of sp³-hybridized carbons (Fsp3) is 0.400. The molecule has 0 amide bonds. The molecule has 3 N–H and O–H groups in total. The number of pyridine rings is 1. The van der Waals surface area contributed by atoms with Crippen LogP contribution < -0.4 is 10.6 Å². The third-order valence-electron chi connectivity index (χ3n) is 4.11. The van der Waals surface area contributed by atoms with E-state index in [1.807, 2.05) is 24.3 Å². The van der Waals surface area contributed by atoms with Crippen LogP contribution in [-0.2, 0) is 0 Å². The second kappa shape index (κ2) is 5.20. The lowest BCUT2D eigenvalue weighted by Gasteiger charge is -2.39. The standard InChI is InChI=1S/C15H18ClN3O/c16-12-3-1-2-11-13(4-7-18-14(11)12)19-8-5-15(20,10-17)6-9-19/h1-4,7,20H,5-6,8-10,17H2. The number of hydrogen-bond acceptors (Lipinski definition) is 4. The smallest absolute Gasteiger partial charge is 0.0908 e. The van der Waals surface area contributed by atoms with Crippen LogP contribution in [0.5, 0.6) is 0 Å². The molecular weight excluding hydrogens is 274 g/mol. The maximum atomic E-state index is 10.2. The van der Waals surface area contributed by atoms with Crippen molar-refractivity contribution in [1.29, 1.82) is 0 Å². The van der Waals surface area contributed by atoms with Gasteiger partial charge >= 0.3 is 0 Å². The number of para-hydroxylation sites is 1. The summed E-state index contributed by atoms with van der Waals surface area (Å²) in [5.41, 5.74) is 6.87. The Bertz CT molecular complexity index is 624. The molecule has 1 aliphatic rings. The van der Waals surface area contributed by atoms with Crippen LogP contribution in [0.3, 0.4) is 0 Å². The Kier molecular flexibility index (Phi) is 3.54. The first-order chi connectivity index (χ1) is 9.63. The van der Waals surface area contributed by atoms with Gasteiger partial charge in [0.1, 0.15) is 0 Å². The minimum Gasteiger partial charge on any atom is -0.388 e. The van der Waals surface area contributed by atoms with Gasteiger partial charge in [-0.25, -0.2) is 0 Å². The third kappa shape index (κ3) is 2.35. The maximum Gasteiger partial charge on any atom is 0.0908 e. The molecule has 2 aromatic rings. The Morgan fingerprint density at radius 3 is 2.75 bits per heavy atom. The first kappa shape index (κ1) is 13.6. The Hall–Kier alpha value is -1.36. The first-order valence-corrected chi connectivity index (χ1v) is 7.21. The van der Waals surface area contributed by atoms with E-state index in [1.165, 1.54) is 0 Å². The molecule has 4 nitrogen and oxygen atoms in total. The zero-order valence-corrected chi connectivity index (χ0v) is 12.0. The minimum atomic E-state index is -0.711. The molecule has 1 aliphatic heterocycles. The summed E-state index contributed by atoms with van der Waals surface area (Å²) in [6.07, 6.45) is 3.16. The molecular formula is C15H18ClN3O. The summed E-state index contributed by atoms with van der Waals surface area (Å²) in [6, 6.07) is 7.83. The molecule has 0 saturated carbocycles. The monoisotopic (exact) mass is 291 g/mol. The summed E-state index contributed by atoms with van der Waals surface area (Å²) in [6.45, 7) is 1.91. The van der Waals surface area contributed by atoms with Gasteiger partial charge in [0, 0.05) is 36.9 Å². The van der Waals surface area contributed by atoms with Gasteiger partial charge in [-0.2, -0.15) is 0 Å². The van der Waals surface area contributed by atoms with E-state index in [4.69, 9.17) is 17.3 Å². The van der Waals surface area contributed by atoms with E-state index in [0.717, 1.165) is 29.7 Å². The number of halogens is 1. The second-order valence-corrected chi connectivity index (χ2v) is 5.79. The highest BCUT2D eigenvalue weighted by atomic mass is 35.5. The Morgan fingerprint density at radius 1 is 1.30 bits per heavy atom. The number of aliphatic hydroxyl groups is 1. The summed E-state index contributed by atoms with van der Waals surface area (Å²) >= 11 is 6.20. The van der Waals surface area contributed by atoms with Gasteiger partial charge in [0.25, 0.3) is 0 Å². The van der Waals surface area contributed by atoms with Gasteiger partial charge in [0.15, 0.2) is 0 Å². The Labute approximate surface area is 123 Å². The average Bonchev–Trinajstić information content (AvgIpc) is 2.48. The molecule has 1 aromatic carbocycles. The highest BCUT2D eigenvalue weighted by Crippen LogP contribution is 2.32. The summed E-state index contributed by atoms with van der Waals surface area (Å²) < 4.78 is 0. The molecule has 0 spiro atoms. The van der Waals surface area contributed by atoms with Crippen molar-refractivity contribution in [3.63, 3.8) is 0 Å². The molecule has 0 bridgehead atoms. The number of piperidine rings is 1. The molecule has 3 rings (SSSR count). The maximum absolute atomic E-state index is 10.2. The number of aromatic nitrogens is 1. The molecule has 0 unspecified atom stereocenters. The molecule has 1 saturated heterocycles. The first-order valence-electron chi connectivity index (χ1n) is 6.84. The van der Waals surface area contributed by atoms with E-state index >= 15 is 0 Å². The third-order valence-corrected chi connectivity index (χ3v) is 4.42. The van der Waals surface area contributed by atoms with Crippen LogP contribution in [-0.4, -0.2) is 35.3 Å². The van der Waals surface area contributed by atoms with Gasteiger partial charge in [0.2, 0.25) is 0 Å². The molecule has 5 heteroatoms. The summed E-state index contributed by atoms with van der Waals surface area (Å²) in [5, 5.41) is 11.9. The van der Waals surface area contributed by atoms with Gasteiger partial charge in [-0.3, -0.25) is 4.98 Å². The lowest BCUT2D eigenvalue weighted by atomic mass is 9.91. The number of fused-ring (bicyclic) bond motifs is 1. The van der Waals surface area contributed by atoms with Crippen LogP contribution in [0.15, 0.2) is 30.5 Å². The SMILES string of the molecule is NCC1(O)CCN(c2ccnc3c(Cl)cccc23)CC1. The highest BCUT2D eigenvalue weighted by molar-refractivity contribution is 6.35. The summed E-state index contributed by atoms with van der Waals surface area (Å²) in [5.74, 6) is 0. The number of nitrogens with two attached hydrogens (primary N) is 1. The number of anilines is 1. The molecule has 20 heavy (non-hydrogen) atoms. The van der Waals surface area contributed by atoms with E-state index in [-0.39, 0.29) is 0 Å². The molecule has 1 fully saturated rings. The largest absolute Gasteiger partial charge is 0.388 e. The topological polar surface area (TPSA) is 62.4 Å². The van der Waals surface area contributed by atoms with Crippen LogP contribution >= 0.6 is 11.6 Å². The second-order valence-electron chi connectivity index (χ2n) is 5.38. The Morgan fingerprint density at radius 2 is 2.05 bits per heavy atom. The predicted molar refractivity (Wildman–Crippen MR) is 82.2 cm³/mol. The Balaban J connectivity index is 1.94. The fourth-order valence-electron chi connectivity index (χ4n) is 2.77. The van der Waals surface area contributed by atoms with Crippen molar-refractivity contribution in [2.45, 2.75) is 18.4 Å². The molecule has 0 radical (unpaired) electrons. The molecule has 106 valence electrons. The van der Waals surface area contributed by atoms with Crippen LogP contribution in [0.1, 0.15) is 12.8 Å². The lowest BCUT2D eigenvalue weighted by molar-refractivity contribution is 0.0250. The van der Waals surface area contributed by atoms with Crippen molar-refractivity contribution in [3.05, 3.63) is 35.5 Å². The van der Waals surface area contributed by atoms with Crippen LogP contribution in [0.4, 0.5) is 5.69 Å². The normalized spacial score (nSPS) is 18.4. The minimum absolute atomic E-state index is 0.323.